The van der Waals surface area contributed by atoms with Gasteiger partial charge in [-0.15, -0.1) is 0 Å². The molecule has 17 heavy (non-hydrogen) atoms. The van der Waals surface area contributed by atoms with E-state index in [4.69, 9.17) is 9.66 Å². The summed E-state index contributed by atoms with van der Waals surface area (Å²) < 4.78 is 30.4. The molecule has 0 amide bonds. The fourth-order valence-electron chi connectivity index (χ4n) is 1.52. The highest BCUT2D eigenvalue weighted by atomic mass is 32.2. The second-order valence-corrected chi connectivity index (χ2v) is 5.23. The molecule has 0 aliphatic carbocycles. The molecule has 0 spiro atoms. The van der Waals surface area contributed by atoms with Crippen LogP contribution < -0.4 is 5.32 Å². The number of rotatable bonds is 6. The van der Waals surface area contributed by atoms with Crippen molar-refractivity contribution in [2.24, 2.45) is 0 Å². The molecule has 6 heteroatoms. The van der Waals surface area contributed by atoms with E-state index < -0.39 is 10.1 Å². The average Bonchev–Trinajstić information content (AvgIpc) is 2.28. The van der Waals surface area contributed by atoms with Crippen LogP contribution in [-0.4, -0.2) is 30.7 Å². The lowest BCUT2D eigenvalue weighted by Gasteiger charge is -2.16. The first-order chi connectivity index (χ1) is 7.97. The third kappa shape index (κ3) is 4.33. The minimum Gasteiger partial charge on any atom is -0.394 e. The molecule has 0 aliphatic heterocycles. The predicted octanol–water partition coefficient (Wildman–Crippen LogP) is 1.51. The summed E-state index contributed by atoms with van der Waals surface area (Å²) in [5.74, 6) is 0. The Kier molecular flexibility index (Phi) is 4.92. The third-order valence-corrected chi connectivity index (χ3v) is 3.25. The van der Waals surface area contributed by atoms with Gasteiger partial charge in [0.1, 0.15) is 0 Å². The lowest BCUT2D eigenvalue weighted by Crippen LogP contribution is -2.23. The van der Waals surface area contributed by atoms with Crippen molar-refractivity contribution in [3.63, 3.8) is 0 Å². The normalized spacial score (nSPS) is 13.4. The topological polar surface area (TPSA) is 86.6 Å². The Morgan fingerprint density at radius 2 is 1.88 bits per heavy atom. The van der Waals surface area contributed by atoms with Crippen LogP contribution in [0.3, 0.4) is 0 Å². The molecule has 1 aromatic rings. The van der Waals surface area contributed by atoms with Crippen LogP contribution in [0.2, 0.25) is 0 Å². The molecular weight excluding hydrogens is 242 g/mol. The Labute approximate surface area is 101 Å². The largest absolute Gasteiger partial charge is 0.394 e. The number of benzene rings is 1. The summed E-state index contributed by atoms with van der Waals surface area (Å²) in [6, 6.07) is 5.70. The van der Waals surface area contributed by atoms with E-state index in [0.29, 0.717) is 5.69 Å². The number of hydrogen-bond donors (Lipinski definition) is 3. The first-order valence-electron chi connectivity index (χ1n) is 5.42. The van der Waals surface area contributed by atoms with E-state index in [2.05, 4.69) is 5.32 Å². The Bertz CT molecular complexity index is 441. The van der Waals surface area contributed by atoms with Gasteiger partial charge in [-0.05, 0) is 30.7 Å². The van der Waals surface area contributed by atoms with E-state index in [1.807, 2.05) is 6.92 Å². The van der Waals surface area contributed by atoms with E-state index >= 15 is 0 Å². The van der Waals surface area contributed by atoms with Crippen LogP contribution in [0.4, 0.5) is 5.69 Å². The van der Waals surface area contributed by atoms with Crippen molar-refractivity contribution in [3.05, 3.63) is 24.3 Å². The molecule has 0 radical (unpaired) electrons. The molecule has 1 aromatic carbocycles. The van der Waals surface area contributed by atoms with Crippen LogP contribution in [0.5, 0.6) is 0 Å². The van der Waals surface area contributed by atoms with Gasteiger partial charge in [0.05, 0.1) is 11.5 Å². The Morgan fingerprint density at radius 3 is 2.29 bits per heavy atom. The highest BCUT2D eigenvalue weighted by molar-refractivity contribution is 7.85. The second kappa shape index (κ2) is 6.00. The van der Waals surface area contributed by atoms with Crippen molar-refractivity contribution < 1.29 is 18.1 Å². The zero-order valence-corrected chi connectivity index (χ0v) is 10.4. The van der Waals surface area contributed by atoms with Gasteiger partial charge in [-0.3, -0.25) is 4.55 Å². The molecule has 1 unspecified atom stereocenters. The van der Waals surface area contributed by atoms with E-state index in [1.165, 1.54) is 12.1 Å². The summed E-state index contributed by atoms with van der Waals surface area (Å²) >= 11 is 0. The smallest absolute Gasteiger partial charge is 0.294 e. The molecule has 3 N–H and O–H groups in total. The molecule has 0 bridgehead atoms. The van der Waals surface area contributed by atoms with Gasteiger partial charge in [-0.2, -0.15) is 8.42 Å². The van der Waals surface area contributed by atoms with Crippen LogP contribution in [0, 0.1) is 0 Å². The monoisotopic (exact) mass is 259 g/mol. The summed E-state index contributed by atoms with van der Waals surface area (Å²) in [6.45, 7) is 2.04. The minimum atomic E-state index is -4.14. The van der Waals surface area contributed by atoms with Crippen LogP contribution in [-0.2, 0) is 10.1 Å². The van der Waals surface area contributed by atoms with Crippen molar-refractivity contribution in [2.75, 3.05) is 11.9 Å². The Morgan fingerprint density at radius 1 is 1.29 bits per heavy atom. The standard InChI is InChI=1S/C11H17NO4S/c1-2-3-10(8-13)12-9-4-6-11(7-5-9)17(14,15)16/h4-7,10,12-13H,2-3,8H2,1H3,(H,14,15,16). The van der Waals surface area contributed by atoms with E-state index in [9.17, 15) is 8.42 Å². The van der Waals surface area contributed by atoms with Gasteiger partial charge in [0, 0.05) is 11.7 Å². The van der Waals surface area contributed by atoms with Crippen LogP contribution in [0.25, 0.3) is 0 Å². The number of hydrogen-bond acceptors (Lipinski definition) is 4. The summed E-state index contributed by atoms with van der Waals surface area (Å²) in [5.41, 5.74) is 0.713. The summed E-state index contributed by atoms with van der Waals surface area (Å²) in [6.07, 6.45) is 1.78. The highest BCUT2D eigenvalue weighted by Crippen LogP contribution is 2.15. The van der Waals surface area contributed by atoms with Gasteiger partial charge in [-0.25, -0.2) is 0 Å². The zero-order chi connectivity index (χ0) is 12.9. The molecule has 0 saturated carbocycles. The fraction of sp³-hybridized carbons (Fsp3) is 0.455. The molecule has 0 aliphatic rings. The number of anilines is 1. The minimum absolute atomic E-state index is 0.0217. The molecule has 1 atom stereocenters. The maximum atomic E-state index is 10.8. The van der Waals surface area contributed by atoms with Gasteiger partial charge in [-0.1, -0.05) is 13.3 Å². The summed E-state index contributed by atoms with van der Waals surface area (Å²) in [7, 11) is -4.14. The van der Waals surface area contributed by atoms with Gasteiger partial charge in [0.25, 0.3) is 10.1 Å². The second-order valence-electron chi connectivity index (χ2n) is 3.81. The van der Waals surface area contributed by atoms with Gasteiger partial charge < -0.3 is 10.4 Å². The summed E-state index contributed by atoms with van der Waals surface area (Å²) in [4.78, 5) is -0.140. The third-order valence-electron chi connectivity index (χ3n) is 2.38. The molecule has 1 rings (SSSR count). The lowest BCUT2D eigenvalue weighted by atomic mass is 10.1. The number of nitrogens with one attached hydrogen (secondary N) is 1. The van der Waals surface area contributed by atoms with Crippen LogP contribution in [0.15, 0.2) is 29.2 Å². The first-order valence-corrected chi connectivity index (χ1v) is 6.86. The molecule has 5 nitrogen and oxygen atoms in total. The molecular formula is C11H17NO4S. The lowest BCUT2D eigenvalue weighted by molar-refractivity contribution is 0.268. The van der Waals surface area contributed by atoms with Crippen molar-refractivity contribution in [3.8, 4) is 0 Å². The van der Waals surface area contributed by atoms with E-state index in [-0.39, 0.29) is 17.5 Å². The maximum Gasteiger partial charge on any atom is 0.294 e. The van der Waals surface area contributed by atoms with Crippen molar-refractivity contribution in [2.45, 2.75) is 30.7 Å². The van der Waals surface area contributed by atoms with Crippen molar-refractivity contribution in [1.82, 2.24) is 0 Å². The molecule has 0 heterocycles. The Balaban J connectivity index is 2.74. The molecule has 96 valence electrons. The summed E-state index contributed by atoms with van der Waals surface area (Å²) in [5, 5.41) is 12.2. The van der Waals surface area contributed by atoms with E-state index in [0.717, 1.165) is 12.8 Å². The van der Waals surface area contributed by atoms with Crippen molar-refractivity contribution in [1.29, 1.82) is 0 Å². The zero-order valence-electron chi connectivity index (χ0n) is 9.63. The van der Waals surface area contributed by atoms with Gasteiger partial charge in [0.2, 0.25) is 0 Å². The number of aliphatic hydroxyl groups excluding tert-OH is 1. The maximum absolute atomic E-state index is 10.8. The predicted molar refractivity (Wildman–Crippen MR) is 65.7 cm³/mol. The van der Waals surface area contributed by atoms with Crippen LogP contribution in [0.1, 0.15) is 19.8 Å². The quantitative estimate of drug-likeness (QED) is 0.674. The first kappa shape index (κ1) is 14.0. The Hall–Kier alpha value is -1.11. The van der Waals surface area contributed by atoms with Crippen LogP contribution >= 0.6 is 0 Å². The average molecular weight is 259 g/mol. The van der Waals surface area contributed by atoms with E-state index in [1.54, 1.807) is 12.1 Å². The number of aliphatic hydroxyl groups is 1. The van der Waals surface area contributed by atoms with Gasteiger partial charge >= 0.3 is 0 Å². The fourth-order valence-corrected chi connectivity index (χ4v) is 2.00. The SMILES string of the molecule is CCCC(CO)Nc1ccc(S(=O)(=O)O)cc1. The van der Waals surface area contributed by atoms with Gasteiger partial charge in [0.15, 0.2) is 0 Å². The highest BCUT2D eigenvalue weighted by Gasteiger charge is 2.10. The van der Waals surface area contributed by atoms with Crippen molar-refractivity contribution >= 4 is 15.8 Å². The molecule has 0 fully saturated rings. The molecule has 0 aromatic heterocycles. The molecule has 0 saturated heterocycles.